The highest BCUT2D eigenvalue weighted by molar-refractivity contribution is 8.00. The van der Waals surface area contributed by atoms with Crippen molar-refractivity contribution in [2.75, 3.05) is 18.2 Å². The fourth-order valence-electron chi connectivity index (χ4n) is 1.73. The summed E-state index contributed by atoms with van der Waals surface area (Å²) in [5, 5.41) is 11.0. The molecule has 0 fully saturated rings. The standard InChI is InChI=1S/C14H17N3O2S2/c1-9(2)10-6-4-5-7-11(10)19-8-12(18)15-13-16-17-14(20-3)21-13/h4-7,9H,8H2,1-3H3,(H,15,16,18). The number of carbonyl (C=O) groups is 1. The zero-order chi connectivity index (χ0) is 15.2. The average molecular weight is 323 g/mol. The number of amides is 1. The number of rotatable bonds is 6. The molecule has 5 nitrogen and oxygen atoms in total. The summed E-state index contributed by atoms with van der Waals surface area (Å²) in [5.41, 5.74) is 1.09. The molecule has 2 aromatic rings. The van der Waals surface area contributed by atoms with Crippen LogP contribution in [0.15, 0.2) is 28.6 Å². The molecule has 0 atom stereocenters. The highest BCUT2D eigenvalue weighted by Gasteiger charge is 2.11. The molecule has 112 valence electrons. The number of aromatic nitrogens is 2. The number of nitrogens with zero attached hydrogens (tertiary/aromatic N) is 2. The predicted molar refractivity (Wildman–Crippen MR) is 86.3 cm³/mol. The van der Waals surface area contributed by atoms with E-state index in [4.69, 9.17) is 4.74 Å². The van der Waals surface area contributed by atoms with Crippen LogP contribution in [0.4, 0.5) is 5.13 Å². The lowest BCUT2D eigenvalue weighted by Crippen LogP contribution is -2.20. The fraction of sp³-hybridized carbons (Fsp3) is 0.357. The van der Waals surface area contributed by atoms with E-state index in [0.29, 0.717) is 11.0 Å². The molecule has 0 saturated carbocycles. The van der Waals surface area contributed by atoms with E-state index in [0.717, 1.165) is 15.7 Å². The van der Waals surface area contributed by atoms with Crippen LogP contribution >= 0.6 is 23.1 Å². The van der Waals surface area contributed by atoms with Gasteiger partial charge in [0.2, 0.25) is 5.13 Å². The summed E-state index contributed by atoms with van der Waals surface area (Å²) in [5.74, 6) is 0.846. The smallest absolute Gasteiger partial charge is 0.264 e. The summed E-state index contributed by atoms with van der Waals surface area (Å²) in [6.07, 6.45) is 1.91. The van der Waals surface area contributed by atoms with Gasteiger partial charge in [0.05, 0.1) is 0 Å². The van der Waals surface area contributed by atoms with E-state index in [1.165, 1.54) is 23.1 Å². The first-order valence-electron chi connectivity index (χ1n) is 6.49. The molecule has 0 saturated heterocycles. The van der Waals surface area contributed by atoms with Crippen molar-refractivity contribution in [3.8, 4) is 5.75 Å². The van der Waals surface area contributed by atoms with Gasteiger partial charge in [0.15, 0.2) is 10.9 Å². The highest BCUT2D eigenvalue weighted by atomic mass is 32.2. The number of carbonyl (C=O) groups excluding carboxylic acids is 1. The second-order valence-corrected chi connectivity index (χ2v) is 6.64. The number of nitrogens with one attached hydrogen (secondary N) is 1. The minimum Gasteiger partial charge on any atom is -0.483 e. The Labute approximate surface area is 132 Å². The van der Waals surface area contributed by atoms with Crippen LogP contribution < -0.4 is 10.1 Å². The van der Waals surface area contributed by atoms with Crippen molar-refractivity contribution in [3.63, 3.8) is 0 Å². The predicted octanol–water partition coefficient (Wildman–Crippen LogP) is 3.40. The van der Waals surface area contributed by atoms with Crippen molar-refractivity contribution in [2.24, 2.45) is 0 Å². The molecule has 21 heavy (non-hydrogen) atoms. The molecule has 0 spiro atoms. The van der Waals surface area contributed by atoms with Crippen molar-refractivity contribution in [1.82, 2.24) is 10.2 Å². The minimum atomic E-state index is -0.239. The largest absolute Gasteiger partial charge is 0.483 e. The molecule has 7 heteroatoms. The van der Waals surface area contributed by atoms with Gasteiger partial charge in [0, 0.05) is 0 Å². The molecule has 2 rings (SSSR count). The van der Waals surface area contributed by atoms with Crippen molar-refractivity contribution in [2.45, 2.75) is 24.1 Å². The van der Waals surface area contributed by atoms with E-state index in [1.807, 2.05) is 30.5 Å². The number of thioether (sulfide) groups is 1. The second-order valence-electron chi connectivity index (χ2n) is 4.61. The number of benzene rings is 1. The van der Waals surface area contributed by atoms with Crippen LogP contribution in [0.25, 0.3) is 0 Å². The van der Waals surface area contributed by atoms with Crippen molar-refractivity contribution in [3.05, 3.63) is 29.8 Å². The number of ether oxygens (including phenoxy) is 1. The molecule has 1 amide bonds. The van der Waals surface area contributed by atoms with Crippen LogP contribution in [0, 0.1) is 0 Å². The van der Waals surface area contributed by atoms with Crippen molar-refractivity contribution < 1.29 is 9.53 Å². The monoisotopic (exact) mass is 323 g/mol. The Morgan fingerprint density at radius 1 is 1.38 bits per heavy atom. The third-order valence-electron chi connectivity index (χ3n) is 2.73. The van der Waals surface area contributed by atoms with Gasteiger partial charge in [-0.05, 0) is 23.8 Å². The van der Waals surface area contributed by atoms with Crippen LogP contribution in [0.5, 0.6) is 5.75 Å². The first-order chi connectivity index (χ1) is 10.1. The quantitative estimate of drug-likeness (QED) is 0.652. The molecular weight excluding hydrogens is 306 g/mol. The van der Waals surface area contributed by atoms with Crippen LogP contribution in [-0.2, 0) is 4.79 Å². The summed E-state index contributed by atoms with van der Waals surface area (Å²) >= 11 is 2.84. The van der Waals surface area contributed by atoms with Gasteiger partial charge in [-0.2, -0.15) is 0 Å². The molecule has 0 unspecified atom stereocenters. The van der Waals surface area contributed by atoms with E-state index >= 15 is 0 Å². The Hall–Kier alpha value is -1.60. The lowest BCUT2D eigenvalue weighted by atomic mass is 10.0. The number of anilines is 1. The van der Waals surface area contributed by atoms with Gasteiger partial charge in [-0.15, -0.1) is 10.2 Å². The fourth-order valence-corrected chi connectivity index (χ4v) is 2.92. The lowest BCUT2D eigenvalue weighted by Gasteiger charge is -2.13. The van der Waals surface area contributed by atoms with E-state index in [-0.39, 0.29) is 12.5 Å². The van der Waals surface area contributed by atoms with Crippen LogP contribution in [0.3, 0.4) is 0 Å². The zero-order valence-electron chi connectivity index (χ0n) is 12.1. The average Bonchev–Trinajstić information content (AvgIpc) is 2.93. The maximum Gasteiger partial charge on any atom is 0.264 e. The summed E-state index contributed by atoms with van der Waals surface area (Å²) in [4.78, 5) is 11.9. The zero-order valence-corrected chi connectivity index (χ0v) is 13.8. The van der Waals surface area contributed by atoms with Crippen LogP contribution in [0.2, 0.25) is 0 Å². The molecular formula is C14H17N3O2S2. The Bertz CT molecular complexity index is 614. The molecule has 0 aliphatic carbocycles. The van der Waals surface area contributed by atoms with Gasteiger partial charge < -0.3 is 4.74 Å². The number of para-hydroxylation sites is 1. The minimum absolute atomic E-state index is 0.0437. The van der Waals surface area contributed by atoms with Crippen molar-refractivity contribution in [1.29, 1.82) is 0 Å². The molecule has 1 aromatic carbocycles. The molecule has 1 N–H and O–H groups in total. The summed E-state index contributed by atoms with van der Waals surface area (Å²) in [7, 11) is 0. The van der Waals surface area contributed by atoms with E-state index in [9.17, 15) is 4.79 Å². The van der Waals surface area contributed by atoms with Crippen LogP contribution in [0.1, 0.15) is 25.3 Å². The SMILES string of the molecule is CSc1nnc(NC(=O)COc2ccccc2C(C)C)s1. The van der Waals surface area contributed by atoms with E-state index in [2.05, 4.69) is 29.4 Å². The first kappa shape index (κ1) is 15.8. The third-order valence-corrected chi connectivity index (χ3v) is 4.54. The normalized spacial score (nSPS) is 10.7. The van der Waals surface area contributed by atoms with E-state index in [1.54, 1.807) is 0 Å². The Kier molecular flexibility index (Phi) is 5.58. The van der Waals surface area contributed by atoms with Gasteiger partial charge in [-0.1, -0.05) is 55.1 Å². The van der Waals surface area contributed by atoms with Crippen molar-refractivity contribution >= 4 is 34.1 Å². The Balaban J connectivity index is 1.92. The van der Waals surface area contributed by atoms with Gasteiger partial charge >= 0.3 is 0 Å². The summed E-state index contributed by atoms with van der Waals surface area (Å²) in [6, 6.07) is 7.74. The first-order valence-corrected chi connectivity index (χ1v) is 8.53. The number of hydrogen-bond acceptors (Lipinski definition) is 6. The van der Waals surface area contributed by atoms with Gasteiger partial charge in [-0.3, -0.25) is 10.1 Å². The van der Waals surface area contributed by atoms with Gasteiger partial charge in [0.1, 0.15) is 5.75 Å². The summed E-state index contributed by atoms with van der Waals surface area (Å²) in [6.45, 7) is 4.14. The highest BCUT2D eigenvalue weighted by Crippen LogP contribution is 2.26. The second kappa shape index (κ2) is 7.42. The molecule has 0 radical (unpaired) electrons. The van der Waals surface area contributed by atoms with Crippen LogP contribution in [-0.4, -0.2) is 29.0 Å². The molecule has 0 bridgehead atoms. The topological polar surface area (TPSA) is 64.1 Å². The Morgan fingerprint density at radius 3 is 2.81 bits per heavy atom. The third kappa shape index (κ3) is 4.44. The maximum absolute atomic E-state index is 11.9. The maximum atomic E-state index is 11.9. The van der Waals surface area contributed by atoms with E-state index < -0.39 is 0 Å². The molecule has 1 aromatic heterocycles. The van der Waals surface area contributed by atoms with Gasteiger partial charge in [-0.25, -0.2) is 0 Å². The summed E-state index contributed by atoms with van der Waals surface area (Å²) < 4.78 is 6.42. The number of hydrogen-bond donors (Lipinski definition) is 1. The lowest BCUT2D eigenvalue weighted by molar-refractivity contribution is -0.118. The molecule has 1 heterocycles. The van der Waals surface area contributed by atoms with Gasteiger partial charge in [0.25, 0.3) is 5.91 Å². The Morgan fingerprint density at radius 2 is 2.14 bits per heavy atom. The molecule has 0 aliphatic heterocycles. The molecule has 0 aliphatic rings.